The van der Waals surface area contributed by atoms with E-state index in [1.54, 1.807) is 11.3 Å². The topological polar surface area (TPSA) is 61.4 Å². The lowest BCUT2D eigenvalue weighted by atomic mass is 9.97. The smallest absolute Gasteiger partial charge is 0.309 e. The number of hydrogen-bond acceptors (Lipinski definition) is 4. The summed E-state index contributed by atoms with van der Waals surface area (Å²) in [6.45, 7) is 3.13. The highest BCUT2D eigenvalue weighted by Gasteiger charge is 2.23. The van der Waals surface area contributed by atoms with E-state index < -0.39 is 11.8 Å². The zero-order valence-electron chi connectivity index (χ0n) is 16.8. The maximum atomic E-state index is 12.3. The van der Waals surface area contributed by atoms with Gasteiger partial charge in [0.05, 0.1) is 6.04 Å². The number of thiophene rings is 1. The molecule has 1 atom stereocenters. The van der Waals surface area contributed by atoms with Crippen molar-refractivity contribution in [3.8, 4) is 0 Å². The summed E-state index contributed by atoms with van der Waals surface area (Å²) in [6.07, 6.45) is 12.9. The lowest BCUT2D eigenvalue weighted by molar-refractivity contribution is -0.139. The van der Waals surface area contributed by atoms with Crippen LogP contribution in [-0.4, -0.2) is 42.9 Å². The van der Waals surface area contributed by atoms with Gasteiger partial charge in [0.15, 0.2) is 0 Å². The molecule has 0 radical (unpaired) electrons. The number of rotatable bonds is 7. The molecule has 0 unspecified atom stereocenters. The number of carbonyl (C=O) groups excluding carboxylic acids is 2. The van der Waals surface area contributed by atoms with E-state index in [9.17, 15) is 9.59 Å². The fourth-order valence-electron chi connectivity index (χ4n) is 4.15. The van der Waals surface area contributed by atoms with Crippen molar-refractivity contribution in [3.63, 3.8) is 0 Å². The van der Waals surface area contributed by atoms with Crippen molar-refractivity contribution in [2.24, 2.45) is 0 Å². The maximum absolute atomic E-state index is 12.3. The van der Waals surface area contributed by atoms with Crippen molar-refractivity contribution in [1.82, 2.24) is 15.5 Å². The molecule has 2 N–H and O–H groups in total. The summed E-state index contributed by atoms with van der Waals surface area (Å²) >= 11 is 1.68. The van der Waals surface area contributed by atoms with Gasteiger partial charge in [-0.25, -0.2) is 0 Å². The maximum Gasteiger partial charge on any atom is 0.309 e. The van der Waals surface area contributed by atoms with Crippen LogP contribution in [0.1, 0.15) is 69.4 Å². The van der Waals surface area contributed by atoms with Gasteiger partial charge in [-0.2, -0.15) is 11.3 Å². The van der Waals surface area contributed by atoms with Crippen molar-refractivity contribution in [3.05, 3.63) is 34.0 Å². The molecule has 1 aliphatic carbocycles. The summed E-state index contributed by atoms with van der Waals surface area (Å²) in [6, 6.07) is 2.28. The third-order valence-electron chi connectivity index (χ3n) is 5.79. The van der Waals surface area contributed by atoms with Crippen LogP contribution in [0, 0.1) is 0 Å². The third-order valence-corrected chi connectivity index (χ3v) is 6.49. The first-order valence-electron chi connectivity index (χ1n) is 10.7. The normalized spacial score (nSPS) is 19.4. The minimum Gasteiger partial charge on any atom is -0.348 e. The van der Waals surface area contributed by atoms with E-state index >= 15 is 0 Å². The highest BCUT2D eigenvalue weighted by molar-refractivity contribution is 7.08. The molecule has 0 aromatic carbocycles. The summed E-state index contributed by atoms with van der Waals surface area (Å²) in [5.74, 6) is -1.04. The summed E-state index contributed by atoms with van der Waals surface area (Å²) in [4.78, 5) is 26.9. The molecule has 0 saturated carbocycles. The molecular formula is C22H33N3O2S. The first-order valence-corrected chi connectivity index (χ1v) is 11.7. The fraction of sp³-hybridized carbons (Fsp3) is 0.636. The van der Waals surface area contributed by atoms with E-state index in [-0.39, 0.29) is 6.04 Å². The van der Waals surface area contributed by atoms with E-state index in [0.717, 1.165) is 32.4 Å². The Morgan fingerprint density at radius 1 is 1.04 bits per heavy atom. The van der Waals surface area contributed by atoms with E-state index in [0.29, 0.717) is 13.1 Å². The Hall–Kier alpha value is -1.66. The van der Waals surface area contributed by atoms with Crippen LogP contribution in [0.4, 0.5) is 0 Å². The predicted molar refractivity (Wildman–Crippen MR) is 114 cm³/mol. The Balaban J connectivity index is 1.47. The van der Waals surface area contributed by atoms with Crippen LogP contribution in [0.2, 0.25) is 0 Å². The first kappa shape index (κ1) is 21.1. The van der Waals surface area contributed by atoms with Gasteiger partial charge in [-0.05, 0) is 80.4 Å². The molecule has 0 bridgehead atoms. The Bertz CT molecular complexity index is 649. The monoisotopic (exact) mass is 403 g/mol. The fourth-order valence-corrected chi connectivity index (χ4v) is 4.85. The minimum atomic E-state index is -0.521. The van der Waals surface area contributed by atoms with Crippen LogP contribution in [0.3, 0.4) is 0 Å². The molecule has 1 aromatic heterocycles. The van der Waals surface area contributed by atoms with Crippen LogP contribution in [0.5, 0.6) is 0 Å². The Labute approximate surface area is 172 Å². The molecule has 2 heterocycles. The van der Waals surface area contributed by atoms with Crippen LogP contribution in [0.15, 0.2) is 28.5 Å². The molecule has 3 rings (SSSR count). The Morgan fingerprint density at radius 2 is 1.82 bits per heavy atom. The van der Waals surface area contributed by atoms with E-state index in [1.165, 1.54) is 49.7 Å². The molecule has 0 spiro atoms. The summed E-state index contributed by atoms with van der Waals surface area (Å²) in [5, 5.41) is 9.88. The van der Waals surface area contributed by atoms with Gasteiger partial charge in [-0.3, -0.25) is 14.5 Å². The molecule has 1 saturated heterocycles. The van der Waals surface area contributed by atoms with Gasteiger partial charge < -0.3 is 10.6 Å². The summed E-state index contributed by atoms with van der Waals surface area (Å²) < 4.78 is 0. The molecule has 1 fully saturated rings. The number of nitrogens with zero attached hydrogens (tertiary/aromatic N) is 1. The largest absolute Gasteiger partial charge is 0.348 e. The highest BCUT2D eigenvalue weighted by Crippen LogP contribution is 2.25. The number of carbonyl (C=O) groups is 2. The Morgan fingerprint density at radius 3 is 2.50 bits per heavy atom. The van der Waals surface area contributed by atoms with Crippen LogP contribution >= 0.6 is 11.3 Å². The SMILES string of the molecule is O=C(NCCC1=CCCCC1)C(=O)NC[C@H](c1ccsc1)N1CCCCCC1. The van der Waals surface area contributed by atoms with Gasteiger partial charge in [-0.15, -0.1) is 0 Å². The average molecular weight is 404 g/mol. The van der Waals surface area contributed by atoms with E-state index in [2.05, 4.69) is 38.4 Å². The van der Waals surface area contributed by atoms with Gasteiger partial charge >= 0.3 is 11.8 Å². The van der Waals surface area contributed by atoms with Gasteiger partial charge in [0.25, 0.3) is 0 Å². The van der Waals surface area contributed by atoms with Gasteiger partial charge in [0.1, 0.15) is 0 Å². The lowest BCUT2D eigenvalue weighted by Crippen LogP contribution is -2.44. The summed E-state index contributed by atoms with van der Waals surface area (Å²) in [7, 11) is 0. The van der Waals surface area contributed by atoms with Gasteiger partial charge in [0.2, 0.25) is 0 Å². The van der Waals surface area contributed by atoms with Crippen LogP contribution in [0.25, 0.3) is 0 Å². The predicted octanol–water partition coefficient (Wildman–Crippen LogP) is 3.79. The standard InChI is InChI=1S/C22H33N3O2S/c26-21(23-12-10-18-8-4-3-5-9-18)22(27)24-16-20(19-11-15-28-17-19)25-13-6-1-2-7-14-25/h8,11,15,17,20H,1-7,9-10,12-14,16H2,(H,23,26)(H,24,27)/t20-/m1/s1. The molecule has 2 amide bonds. The highest BCUT2D eigenvalue weighted by atomic mass is 32.1. The second kappa shape index (κ2) is 11.4. The second-order valence-corrected chi connectivity index (χ2v) is 8.63. The minimum absolute atomic E-state index is 0.147. The second-order valence-electron chi connectivity index (χ2n) is 7.85. The number of allylic oxidation sites excluding steroid dienone is 1. The van der Waals surface area contributed by atoms with Gasteiger partial charge in [0, 0.05) is 13.1 Å². The molecule has 6 heteroatoms. The molecular weight excluding hydrogens is 370 g/mol. The van der Waals surface area contributed by atoms with E-state index in [1.807, 2.05) is 0 Å². The Kier molecular flexibility index (Phi) is 8.55. The molecule has 1 aromatic rings. The number of nitrogens with one attached hydrogen (secondary N) is 2. The molecule has 2 aliphatic rings. The van der Waals surface area contributed by atoms with Crippen molar-refractivity contribution >= 4 is 23.2 Å². The van der Waals surface area contributed by atoms with Crippen molar-refractivity contribution < 1.29 is 9.59 Å². The number of likely N-dealkylation sites (tertiary alicyclic amines) is 1. The molecule has 154 valence electrons. The zero-order chi connectivity index (χ0) is 19.6. The zero-order valence-corrected chi connectivity index (χ0v) is 17.6. The van der Waals surface area contributed by atoms with Crippen molar-refractivity contribution in [2.45, 2.75) is 63.8 Å². The third kappa shape index (κ3) is 6.45. The first-order chi connectivity index (χ1) is 13.7. The van der Waals surface area contributed by atoms with Gasteiger partial charge in [-0.1, -0.05) is 24.5 Å². The quantitative estimate of drug-likeness (QED) is 0.538. The molecule has 5 nitrogen and oxygen atoms in total. The molecule has 1 aliphatic heterocycles. The van der Waals surface area contributed by atoms with Crippen LogP contribution < -0.4 is 10.6 Å². The van der Waals surface area contributed by atoms with Crippen LogP contribution in [-0.2, 0) is 9.59 Å². The molecule has 28 heavy (non-hydrogen) atoms. The van der Waals surface area contributed by atoms with Crippen molar-refractivity contribution in [2.75, 3.05) is 26.2 Å². The summed E-state index contributed by atoms with van der Waals surface area (Å²) in [5.41, 5.74) is 2.64. The lowest BCUT2D eigenvalue weighted by Gasteiger charge is -2.30. The van der Waals surface area contributed by atoms with E-state index in [4.69, 9.17) is 0 Å². The number of hydrogen-bond donors (Lipinski definition) is 2. The average Bonchev–Trinajstić information content (AvgIpc) is 3.11. The van der Waals surface area contributed by atoms with Crippen molar-refractivity contribution in [1.29, 1.82) is 0 Å². The number of amides is 2.